The Bertz CT molecular complexity index is 2240. The first-order valence-corrected chi connectivity index (χ1v) is 15.2. The molecular weight excluding hydrogens is 987 g/mol. The normalized spacial score (nSPS) is 10.7. The molecule has 0 bridgehead atoms. The summed E-state index contributed by atoms with van der Waals surface area (Å²) in [6.45, 7) is 0. The second-order valence-corrected chi connectivity index (χ2v) is 11.1. The Hall–Kier alpha value is -5.16. The van der Waals surface area contributed by atoms with E-state index in [-0.39, 0.29) is 42.1 Å². The van der Waals surface area contributed by atoms with Gasteiger partial charge in [0.25, 0.3) is 0 Å². The van der Waals surface area contributed by atoms with Crippen LogP contribution in [0.15, 0.2) is 122 Å². The first kappa shape index (κ1) is 34.7. The molecule has 0 atom stereocenters. The van der Waals surface area contributed by atoms with Gasteiger partial charge in [-0.2, -0.15) is 22.9 Å². The second-order valence-electron chi connectivity index (χ2n) is 11.1. The predicted octanol–water partition coefficient (Wildman–Crippen LogP) is 8.54. The van der Waals surface area contributed by atoms with E-state index in [1.54, 1.807) is 24.8 Å². The van der Waals surface area contributed by atoms with Crippen LogP contribution < -0.4 is 14.4 Å². The van der Waals surface area contributed by atoms with Crippen LogP contribution in [0.3, 0.4) is 0 Å². The van der Waals surface area contributed by atoms with Gasteiger partial charge in [0.2, 0.25) is 5.95 Å². The van der Waals surface area contributed by atoms with E-state index >= 15 is 0 Å². The summed E-state index contributed by atoms with van der Waals surface area (Å²) in [5, 5.41) is 1.88. The van der Waals surface area contributed by atoms with Gasteiger partial charge in [-0.15, -0.1) is 71.8 Å². The third kappa shape index (κ3) is 7.09. The minimum Gasteiger partial charge on any atom is -0.503 e. The minimum atomic E-state index is 0. The molecule has 4 heterocycles. The Kier molecular flexibility index (Phi) is 10.5. The fraction of sp³-hybridized carbons (Fsp3) is 0.0500. The second kappa shape index (κ2) is 15.2. The van der Waals surface area contributed by atoms with E-state index in [1.165, 1.54) is 0 Å². The van der Waals surface area contributed by atoms with Crippen molar-refractivity contribution in [3.8, 4) is 51.5 Å². The molecule has 0 saturated heterocycles. The molecule has 0 aliphatic rings. The molecule has 248 valence electrons. The van der Waals surface area contributed by atoms with Crippen molar-refractivity contribution in [1.82, 2.24) is 24.5 Å². The monoisotopic (exact) mass is 1010 g/mol. The van der Waals surface area contributed by atoms with Crippen molar-refractivity contribution in [3.05, 3.63) is 146 Å². The number of fused-ring (bicyclic) bond motifs is 3. The Balaban J connectivity index is 0.00000216. The first-order valence-electron chi connectivity index (χ1n) is 15.2. The van der Waals surface area contributed by atoms with E-state index in [0.29, 0.717) is 28.9 Å². The van der Waals surface area contributed by atoms with Gasteiger partial charge >= 0.3 is 42.1 Å². The van der Waals surface area contributed by atoms with E-state index in [1.807, 2.05) is 121 Å². The maximum Gasteiger partial charge on any atom is 2.00 e. The van der Waals surface area contributed by atoms with E-state index < -0.39 is 0 Å². The minimum absolute atomic E-state index is 0. The van der Waals surface area contributed by atoms with Gasteiger partial charge in [0.1, 0.15) is 0 Å². The van der Waals surface area contributed by atoms with Crippen LogP contribution in [0.4, 0.5) is 5.69 Å². The first-order chi connectivity index (χ1) is 23.6. The van der Waals surface area contributed by atoms with Crippen molar-refractivity contribution in [1.29, 1.82) is 0 Å². The fourth-order valence-corrected chi connectivity index (χ4v) is 5.40. The van der Waals surface area contributed by atoms with E-state index in [2.05, 4.69) is 34.2 Å². The molecule has 0 N–H and O–H groups in total. The summed E-state index contributed by atoms with van der Waals surface area (Å²) >= 11 is 0. The van der Waals surface area contributed by atoms with Crippen LogP contribution in [-0.4, -0.2) is 38.6 Å². The van der Waals surface area contributed by atoms with Crippen molar-refractivity contribution >= 4 is 27.5 Å². The molecule has 0 aliphatic carbocycles. The number of anilines is 1. The number of hydrogen-bond acceptors (Lipinski definition) is 7. The number of aromatic nitrogens is 5. The van der Waals surface area contributed by atoms with Crippen LogP contribution in [0.25, 0.3) is 50.3 Å². The van der Waals surface area contributed by atoms with Crippen molar-refractivity contribution in [2.45, 2.75) is 0 Å². The number of benzene rings is 4. The Morgan fingerprint density at radius 3 is 1.44 bits per heavy atom. The molecule has 10 heteroatoms. The topological polar surface area (TPSA) is 78.2 Å². The molecule has 0 saturated carbocycles. The molecule has 8 aromatic rings. The largest absolute Gasteiger partial charge is 2.00 e. The van der Waals surface area contributed by atoms with Crippen LogP contribution in [0.2, 0.25) is 0 Å². The molecule has 0 unspecified atom stereocenters. The number of nitrogens with zero attached hydrogens (tertiary/aromatic N) is 6. The third-order valence-corrected chi connectivity index (χ3v) is 7.73. The van der Waals surface area contributed by atoms with Crippen molar-refractivity contribution in [2.75, 3.05) is 19.0 Å². The van der Waals surface area contributed by atoms with Crippen molar-refractivity contribution in [2.24, 2.45) is 0 Å². The van der Waals surface area contributed by atoms with Crippen molar-refractivity contribution < 1.29 is 51.6 Å². The van der Waals surface area contributed by atoms with Gasteiger partial charge < -0.3 is 28.9 Å². The van der Waals surface area contributed by atoms with Crippen LogP contribution in [0.1, 0.15) is 0 Å². The maximum atomic E-state index is 6.29. The zero-order valence-electron chi connectivity index (χ0n) is 26.7. The third-order valence-electron chi connectivity index (χ3n) is 7.73. The average Bonchev–Trinajstić information content (AvgIpc) is 3.45. The van der Waals surface area contributed by atoms with Crippen LogP contribution >= 0.6 is 0 Å². The standard InChI is InChI=1S/C40H26N6O2.2Pt/c1-45(2)29-25-43-40(44-26-29)46-38-23-32(47-30-11-7-9-27(21-30)36-13-3-5-19-41-36)15-17-34(38)35-18-16-33(24-39(35)46)48-31-12-8-10-28(22-31)37-14-4-6-20-42-37;;/h3-20,25-26H,1-2H3;;/q-4;2*+2. The van der Waals surface area contributed by atoms with E-state index in [0.717, 1.165) is 50.0 Å². The molecule has 0 amide bonds. The SMILES string of the molecule is CN(C)c1cnc(-n2c3[c-]c(Oc4[c-]c(-c5ccccn5)ccc4)ccc3c3ccc(Oc4[c-]c(-c5ccccn5)ccc4)[c-]c32)nc1.[Pt+2].[Pt+2]. The summed E-state index contributed by atoms with van der Waals surface area (Å²) in [6, 6.07) is 44.4. The number of hydrogen-bond donors (Lipinski definition) is 0. The van der Waals surface area contributed by atoms with Crippen molar-refractivity contribution in [3.63, 3.8) is 0 Å². The zero-order chi connectivity index (χ0) is 32.5. The summed E-state index contributed by atoms with van der Waals surface area (Å²) in [7, 11) is 3.90. The molecule has 0 aliphatic heterocycles. The number of ether oxygens (including phenoxy) is 2. The van der Waals surface area contributed by atoms with Gasteiger partial charge in [-0.25, -0.2) is 9.97 Å². The van der Waals surface area contributed by atoms with Gasteiger partial charge in [0.15, 0.2) is 0 Å². The summed E-state index contributed by atoms with van der Waals surface area (Å²) in [5.41, 5.74) is 5.65. The van der Waals surface area contributed by atoms with Crippen LogP contribution in [0.5, 0.6) is 23.0 Å². The average molecular weight is 1010 g/mol. The molecular formula is C40H26N6O2Pt2. The Morgan fingerprint density at radius 2 is 1.00 bits per heavy atom. The van der Waals surface area contributed by atoms with Gasteiger partial charge in [0, 0.05) is 49.5 Å². The van der Waals surface area contributed by atoms with E-state index in [9.17, 15) is 0 Å². The zero-order valence-corrected chi connectivity index (χ0v) is 31.2. The summed E-state index contributed by atoms with van der Waals surface area (Å²) in [5.74, 6) is 2.60. The van der Waals surface area contributed by atoms with Crippen LogP contribution in [-0.2, 0) is 42.1 Å². The van der Waals surface area contributed by atoms with Crippen LogP contribution in [0, 0.1) is 24.3 Å². The fourth-order valence-electron chi connectivity index (χ4n) is 5.40. The molecule has 8 nitrogen and oxygen atoms in total. The van der Waals surface area contributed by atoms with E-state index in [4.69, 9.17) is 19.4 Å². The predicted molar refractivity (Wildman–Crippen MR) is 186 cm³/mol. The summed E-state index contributed by atoms with van der Waals surface area (Å²) in [4.78, 5) is 20.3. The summed E-state index contributed by atoms with van der Waals surface area (Å²) < 4.78 is 14.5. The summed E-state index contributed by atoms with van der Waals surface area (Å²) in [6.07, 6.45) is 7.10. The number of rotatable bonds is 8. The van der Waals surface area contributed by atoms with Gasteiger partial charge in [0.05, 0.1) is 18.1 Å². The molecule has 4 aromatic carbocycles. The molecule has 4 aromatic heterocycles. The maximum absolute atomic E-state index is 6.29. The molecule has 8 rings (SSSR count). The molecule has 0 fully saturated rings. The Morgan fingerprint density at radius 1 is 0.520 bits per heavy atom. The molecule has 0 radical (unpaired) electrons. The quantitative estimate of drug-likeness (QED) is 0.141. The molecule has 0 spiro atoms. The van der Waals surface area contributed by atoms with Gasteiger partial charge in [-0.05, 0) is 23.5 Å². The van der Waals surface area contributed by atoms with Gasteiger partial charge in [-0.1, -0.05) is 47.4 Å². The Labute approximate surface area is 318 Å². The number of pyridine rings is 2. The smallest absolute Gasteiger partial charge is 0.503 e. The van der Waals surface area contributed by atoms with Gasteiger partial charge in [-0.3, -0.25) is 0 Å². The molecule has 50 heavy (non-hydrogen) atoms.